The molecule has 110 valence electrons. The molecule has 20 heavy (non-hydrogen) atoms. The van der Waals surface area contributed by atoms with Gasteiger partial charge in [-0.25, -0.2) is 0 Å². The zero-order valence-electron chi connectivity index (χ0n) is 12.7. The van der Waals surface area contributed by atoms with Crippen molar-refractivity contribution in [3.63, 3.8) is 0 Å². The lowest BCUT2D eigenvalue weighted by Gasteiger charge is -2.21. The van der Waals surface area contributed by atoms with Crippen molar-refractivity contribution >= 4 is 5.84 Å². The highest BCUT2D eigenvalue weighted by atomic mass is 15.1. The molecule has 3 nitrogen and oxygen atoms in total. The smallest absolute Gasteiger partial charge is 0.122 e. The minimum absolute atomic E-state index is 0.155. The monoisotopic (exact) mass is 273 g/mol. The molecule has 1 fully saturated rings. The topological polar surface area (TPSA) is 53.1 Å². The van der Waals surface area contributed by atoms with Crippen LogP contribution in [-0.4, -0.2) is 23.8 Å². The summed E-state index contributed by atoms with van der Waals surface area (Å²) in [7, 11) is 0. The van der Waals surface area contributed by atoms with E-state index in [1.165, 1.54) is 37.9 Å². The molecule has 0 spiro atoms. The lowest BCUT2D eigenvalue weighted by Crippen LogP contribution is -2.24. The van der Waals surface area contributed by atoms with Gasteiger partial charge in [-0.3, -0.25) is 10.3 Å². The summed E-state index contributed by atoms with van der Waals surface area (Å²) in [6.45, 7) is 8.04. The standard InChI is InChI=1S/C17H27N3/c1-13(2)15-7-4-9-20(10-8-15)12-14-5-3-6-16(11-14)17(18)19/h3,5-6,11,13,15H,4,7-10,12H2,1-2H3,(H3,18,19). The van der Waals surface area contributed by atoms with Gasteiger partial charge in [0.05, 0.1) is 0 Å². The summed E-state index contributed by atoms with van der Waals surface area (Å²) < 4.78 is 0. The highest BCUT2D eigenvalue weighted by Gasteiger charge is 2.19. The molecule has 1 heterocycles. The van der Waals surface area contributed by atoms with Gasteiger partial charge >= 0.3 is 0 Å². The zero-order chi connectivity index (χ0) is 14.5. The first-order valence-corrected chi connectivity index (χ1v) is 7.72. The number of benzene rings is 1. The molecule has 0 aromatic heterocycles. The van der Waals surface area contributed by atoms with Crippen LogP contribution in [0.5, 0.6) is 0 Å². The fourth-order valence-electron chi connectivity index (χ4n) is 3.10. The Bertz CT molecular complexity index is 453. The third-order valence-electron chi connectivity index (χ3n) is 4.45. The number of hydrogen-bond donors (Lipinski definition) is 2. The van der Waals surface area contributed by atoms with E-state index in [9.17, 15) is 0 Å². The van der Waals surface area contributed by atoms with Crippen LogP contribution in [0, 0.1) is 17.2 Å². The van der Waals surface area contributed by atoms with Crippen LogP contribution in [0.1, 0.15) is 44.2 Å². The van der Waals surface area contributed by atoms with E-state index in [4.69, 9.17) is 11.1 Å². The van der Waals surface area contributed by atoms with Crippen molar-refractivity contribution in [3.05, 3.63) is 35.4 Å². The Balaban J connectivity index is 1.96. The molecule has 1 aromatic carbocycles. The van der Waals surface area contributed by atoms with E-state index in [2.05, 4.69) is 24.8 Å². The largest absolute Gasteiger partial charge is 0.384 e. The second-order valence-electron chi connectivity index (χ2n) is 6.33. The fraction of sp³-hybridized carbons (Fsp3) is 0.588. The first-order valence-electron chi connectivity index (χ1n) is 7.72. The van der Waals surface area contributed by atoms with Gasteiger partial charge in [0.15, 0.2) is 0 Å². The highest BCUT2D eigenvalue weighted by Crippen LogP contribution is 2.25. The Morgan fingerprint density at radius 1 is 1.35 bits per heavy atom. The van der Waals surface area contributed by atoms with Crippen LogP contribution in [0.15, 0.2) is 24.3 Å². The maximum absolute atomic E-state index is 7.52. The van der Waals surface area contributed by atoms with E-state index in [0.29, 0.717) is 0 Å². The Kier molecular flexibility index (Phi) is 5.18. The summed E-state index contributed by atoms with van der Waals surface area (Å²) in [6.07, 6.45) is 3.97. The maximum Gasteiger partial charge on any atom is 0.122 e. The predicted molar refractivity (Wildman–Crippen MR) is 84.9 cm³/mol. The van der Waals surface area contributed by atoms with Crippen LogP contribution in [0.2, 0.25) is 0 Å². The molecule has 1 aliphatic heterocycles. The van der Waals surface area contributed by atoms with Crippen molar-refractivity contribution in [1.29, 1.82) is 5.41 Å². The molecule has 2 rings (SSSR count). The average Bonchev–Trinajstić information content (AvgIpc) is 2.65. The number of nitrogens with one attached hydrogen (secondary N) is 1. The van der Waals surface area contributed by atoms with Crippen LogP contribution < -0.4 is 5.73 Å². The number of amidine groups is 1. The zero-order valence-corrected chi connectivity index (χ0v) is 12.7. The highest BCUT2D eigenvalue weighted by molar-refractivity contribution is 5.95. The molecule has 1 aliphatic rings. The van der Waals surface area contributed by atoms with Crippen LogP contribution in [0.25, 0.3) is 0 Å². The molecule has 1 unspecified atom stereocenters. The lowest BCUT2D eigenvalue weighted by molar-refractivity contribution is 0.265. The molecule has 3 heteroatoms. The average molecular weight is 273 g/mol. The molecule has 0 aliphatic carbocycles. The Morgan fingerprint density at radius 3 is 2.85 bits per heavy atom. The van der Waals surface area contributed by atoms with Gasteiger partial charge in [-0.15, -0.1) is 0 Å². The lowest BCUT2D eigenvalue weighted by atomic mass is 9.89. The number of nitrogen functional groups attached to an aromatic ring is 1. The van der Waals surface area contributed by atoms with Gasteiger partial charge in [-0.2, -0.15) is 0 Å². The molecule has 0 amide bonds. The maximum atomic E-state index is 7.52. The molecule has 3 N–H and O–H groups in total. The Labute approximate surface area is 122 Å². The van der Waals surface area contributed by atoms with Crippen LogP contribution in [0.3, 0.4) is 0 Å². The van der Waals surface area contributed by atoms with E-state index in [1.54, 1.807) is 0 Å². The first kappa shape index (κ1) is 15.0. The van der Waals surface area contributed by atoms with E-state index in [-0.39, 0.29) is 5.84 Å². The molecular formula is C17H27N3. The van der Waals surface area contributed by atoms with Gasteiger partial charge in [0.1, 0.15) is 5.84 Å². The summed E-state index contributed by atoms with van der Waals surface area (Å²) in [5.74, 6) is 1.84. The third kappa shape index (κ3) is 4.07. The van der Waals surface area contributed by atoms with Crippen LogP contribution in [0.4, 0.5) is 0 Å². The molecule has 0 radical (unpaired) electrons. The van der Waals surface area contributed by atoms with E-state index >= 15 is 0 Å². The van der Waals surface area contributed by atoms with Crippen molar-refractivity contribution in [2.75, 3.05) is 13.1 Å². The predicted octanol–water partition coefficient (Wildman–Crippen LogP) is 3.23. The van der Waals surface area contributed by atoms with Gasteiger partial charge in [0.2, 0.25) is 0 Å². The Morgan fingerprint density at radius 2 is 2.15 bits per heavy atom. The molecule has 0 bridgehead atoms. The van der Waals surface area contributed by atoms with Crippen molar-refractivity contribution < 1.29 is 0 Å². The normalized spacial score (nSPS) is 20.9. The summed E-state index contributed by atoms with van der Waals surface area (Å²) >= 11 is 0. The minimum Gasteiger partial charge on any atom is -0.384 e. The minimum atomic E-state index is 0.155. The van der Waals surface area contributed by atoms with Crippen molar-refractivity contribution in [2.45, 2.75) is 39.7 Å². The van der Waals surface area contributed by atoms with Crippen molar-refractivity contribution in [3.8, 4) is 0 Å². The van der Waals surface area contributed by atoms with Gasteiger partial charge in [-0.1, -0.05) is 32.0 Å². The summed E-state index contributed by atoms with van der Waals surface area (Å²) in [5, 5.41) is 7.52. The summed E-state index contributed by atoms with van der Waals surface area (Å²) in [6, 6.07) is 8.09. The number of rotatable bonds is 4. The van der Waals surface area contributed by atoms with E-state index in [1.807, 2.05) is 18.2 Å². The number of nitrogens with two attached hydrogens (primary N) is 1. The van der Waals surface area contributed by atoms with Crippen molar-refractivity contribution in [2.24, 2.45) is 17.6 Å². The molecule has 0 saturated carbocycles. The van der Waals surface area contributed by atoms with Gasteiger partial charge in [0.25, 0.3) is 0 Å². The van der Waals surface area contributed by atoms with Crippen LogP contribution in [-0.2, 0) is 6.54 Å². The number of likely N-dealkylation sites (tertiary alicyclic amines) is 1. The van der Waals surface area contributed by atoms with Gasteiger partial charge < -0.3 is 5.73 Å². The van der Waals surface area contributed by atoms with Gasteiger partial charge in [0, 0.05) is 12.1 Å². The SMILES string of the molecule is CC(C)C1CCCN(Cc2cccc(C(=N)N)c2)CC1. The number of nitrogens with zero attached hydrogens (tertiary/aromatic N) is 1. The molecular weight excluding hydrogens is 246 g/mol. The van der Waals surface area contributed by atoms with Gasteiger partial charge in [-0.05, 0) is 55.8 Å². The van der Waals surface area contributed by atoms with Crippen LogP contribution >= 0.6 is 0 Å². The Hall–Kier alpha value is -1.35. The molecule has 1 saturated heterocycles. The van der Waals surface area contributed by atoms with E-state index < -0.39 is 0 Å². The van der Waals surface area contributed by atoms with Crippen molar-refractivity contribution in [1.82, 2.24) is 4.90 Å². The first-order chi connectivity index (χ1) is 9.56. The summed E-state index contributed by atoms with van der Waals surface area (Å²) in [4.78, 5) is 2.54. The number of hydrogen-bond acceptors (Lipinski definition) is 2. The third-order valence-corrected chi connectivity index (χ3v) is 4.45. The second kappa shape index (κ2) is 6.89. The summed E-state index contributed by atoms with van der Waals surface area (Å²) in [5.41, 5.74) is 7.66. The second-order valence-corrected chi connectivity index (χ2v) is 6.33. The molecule has 1 atom stereocenters. The fourth-order valence-corrected chi connectivity index (χ4v) is 3.10. The molecule has 1 aromatic rings. The van der Waals surface area contributed by atoms with E-state index in [0.717, 1.165) is 23.9 Å². The quantitative estimate of drug-likeness (QED) is 0.653.